The molecule has 3 aromatic rings. The van der Waals surface area contributed by atoms with Gasteiger partial charge < -0.3 is 10.4 Å². The number of nitrogens with zero attached hydrogens (tertiary/aromatic N) is 2. The zero-order chi connectivity index (χ0) is 22.9. The van der Waals surface area contributed by atoms with Crippen molar-refractivity contribution in [1.82, 2.24) is 15.3 Å². The van der Waals surface area contributed by atoms with Crippen LogP contribution in [0.25, 0.3) is 11.3 Å². The van der Waals surface area contributed by atoms with Crippen LogP contribution in [0, 0.1) is 5.92 Å². The van der Waals surface area contributed by atoms with Crippen LogP contribution in [0.15, 0.2) is 60.8 Å². The summed E-state index contributed by atoms with van der Waals surface area (Å²) in [4.78, 5) is 21.9. The zero-order valence-electron chi connectivity index (χ0n) is 19.2. The number of Topliss-reactive ketones (excluding diaryl/α,β-unsaturated/α-hetero) is 1. The number of carbonyl (C=O) groups is 1. The number of nitrogens with one attached hydrogen (secondary N) is 1. The minimum absolute atomic E-state index is 0.214. The topological polar surface area (TPSA) is 75.1 Å². The van der Waals surface area contributed by atoms with Crippen LogP contribution in [0.3, 0.4) is 0 Å². The number of aromatic hydroxyl groups is 1. The molecule has 5 nitrogen and oxygen atoms in total. The molecule has 0 bridgehead atoms. The van der Waals surface area contributed by atoms with Crippen molar-refractivity contribution >= 4 is 5.78 Å². The summed E-state index contributed by atoms with van der Waals surface area (Å²) in [7, 11) is 0. The highest BCUT2D eigenvalue weighted by Gasteiger charge is 2.15. The number of hydrogen-bond acceptors (Lipinski definition) is 5. The third-order valence-corrected chi connectivity index (χ3v) is 6.42. The highest BCUT2D eigenvalue weighted by Crippen LogP contribution is 2.21. The molecular weight excluding hydrogens is 410 g/mol. The maximum absolute atomic E-state index is 12.7. The fraction of sp³-hybridized carbons (Fsp3) is 0.393. The van der Waals surface area contributed by atoms with Crippen LogP contribution in [0.2, 0.25) is 0 Å². The smallest absolute Gasteiger partial charge is 0.162 e. The number of rotatable bonds is 11. The Hall–Kier alpha value is -3.05. The fourth-order valence-electron chi connectivity index (χ4n) is 4.46. The van der Waals surface area contributed by atoms with E-state index in [2.05, 4.69) is 10.3 Å². The van der Waals surface area contributed by atoms with Gasteiger partial charge in [-0.25, -0.2) is 9.97 Å². The molecule has 33 heavy (non-hydrogen) atoms. The Morgan fingerprint density at radius 2 is 1.88 bits per heavy atom. The van der Waals surface area contributed by atoms with Crippen LogP contribution in [0.1, 0.15) is 60.3 Å². The lowest BCUT2D eigenvalue weighted by atomic mass is 9.97. The molecule has 1 aromatic heterocycles. The molecule has 5 heteroatoms. The standard InChI is InChI=1S/C28H33N3O2/c32-25-13-11-21(12-14-25)5-1-2-10-28-30-18-16-26(31-28)23-7-4-8-24(19-23)27(33)9-3-6-22-15-17-29-20-22/h4,7-8,11-14,16,18-19,22,29,32H,1-3,5-6,9-10,15,17,20H2. The van der Waals surface area contributed by atoms with E-state index in [0.717, 1.165) is 80.2 Å². The number of aromatic nitrogens is 2. The average Bonchev–Trinajstić information content (AvgIpc) is 3.37. The van der Waals surface area contributed by atoms with Crippen molar-refractivity contribution in [1.29, 1.82) is 0 Å². The Morgan fingerprint density at radius 1 is 1.03 bits per heavy atom. The Bertz CT molecular complexity index is 1040. The summed E-state index contributed by atoms with van der Waals surface area (Å²) in [5.41, 5.74) is 3.83. The largest absolute Gasteiger partial charge is 0.508 e. The summed E-state index contributed by atoms with van der Waals surface area (Å²) >= 11 is 0. The minimum atomic E-state index is 0.214. The van der Waals surface area contributed by atoms with E-state index in [1.165, 1.54) is 12.0 Å². The maximum atomic E-state index is 12.7. The highest BCUT2D eigenvalue weighted by atomic mass is 16.3. The summed E-state index contributed by atoms with van der Waals surface area (Å²) in [5, 5.41) is 12.8. The first-order valence-corrected chi connectivity index (χ1v) is 12.1. The molecule has 0 radical (unpaired) electrons. The monoisotopic (exact) mass is 443 g/mol. The molecule has 172 valence electrons. The van der Waals surface area contributed by atoms with Crippen molar-refractivity contribution in [3.63, 3.8) is 0 Å². The number of phenols is 1. The van der Waals surface area contributed by atoms with E-state index in [4.69, 9.17) is 4.98 Å². The molecule has 4 rings (SSSR count). The van der Waals surface area contributed by atoms with Crippen LogP contribution < -0.4 is 5.32 Å². The zero-order valence-corrected chi connectivity index (χ0v) is 19.2. The van der Waals surface area contributed by atoms with Gasteiger partial charge >= 0.3 is 0 Å². The molecule has 2 N–H and O–H groups in total. The molecule has 1 saturated heterocycles. The van der Waals surface area contributed by atoms with Crippen LogP contribution in [0.5, 0.6) is 5.75 Å². The molecule has 1 atom stereocenters. The average molecular weight is 444 g/mol. The lowest BCUT2D eigenvalue weighted by molar-refractivity contribution is 0.0978. The molecule has 0 aliphatic carbocycles. The summed E-state index contributed by atoms with van der Waals surface area (Å²) < 4.78 is 0. The predicted molar refractivity (Wildman–Crippen MR) is 131 cm³/mol. The van der Waals surface area contributed by atoms with E-state index in [1.54, 1.807) is 12.1 Å². The lowest BCUT2D eigenvalue weighted by Crippen LogP contribution is -2.09. The first-order valence-electron chi connectivity index (χ1n) is 12.1. The second-order valence-electron chi connectivity index (χ2n) is 8.99. The maximum Gasteiger partial charge on any atom is 0.162 e. The van der Waals surface area contributed by atoms with Gasteiger partial charge in [-0.1, -0.05) is 30.3 Å². The van der Waals surface area contributed by atoms with E-state index in [9.17, 15) is 9.90 Å². The Balaban J connectivity index is 1.29. The molecule has 2 aromatic carbocycles. The van der Waals surface area contributed by atoms with Crippen molar-refractivity contribution < 1.29 is 9.90 Å². The van der Waals surface area contributed by atoms with E-state index in [1.807, 2.05) is 48.7 Å². The first-order chi connectivity index (χ1) is 16.2. The Kier molecular flexibility index (Phi) is 8.20. The lowest BCUT2D eigenvalue weighted by Gasteiger charge is -2.08. The van der Waals surface area contributed by atoms with Gasteiger partial charge in [-0.05, 0) is 87.4 Å². The summed E-state index contributed by atoms with van der Waals surface area (Å²) in [5.74, 6) is 2.08. The molecule has 2 heterocycles. The van der Waals surface area contributed by atoms with Crippen LogP contribution >= 0.6 is 0 Å². The molecule has 1 unspecified atom stereocenters. The quantitative estimate of drug-likeness (QED) is 0.307. The van der Waals surface area contributed by atoms with Gasteiger partial charge in [-0.15, -0.1) is 0 Å². The number of phenolic OH excluding ortho intramolecular Hbond substituents is 1. The Morgan fingerprint density at radius 3 is 2.70 bits per heavy atom. The molecule has 1 aliphatic rings. The third kappa shape index (κ3) is 6.96. The molecule has 1 fully saturated rings. The summed E-state index contributed by atoms with van der Waals surface area (Å²) in [6.45, 7) is 2.20. The predicted octanol–water partition coefficient (Wildman–Crippen LogP) is 5.38. The molecule has 1 aliphatic heterocycles. The molecule has 0 saturated carbocycles. The van der Waals surface area contributed by atoms with Crippen molar-refractivity contribution in [2.75, 3.05) is 13.1 Å². The number of carbonyl (C=O) groups excluding carboxylic acids is 1. The number of aryl methyl sites for hydroxylation is 2. The van der Waals surface area contributed by atoms with Gasteiger partial charge in [0.05, 0.1) is 5.69 Å². The van der Waals surface area contributed by atoms with E-state index < -0.39 is 0 Å². The normalized spacial score (nSPS) is 15.6. The molecular formula is C28H33N3O2. The number of ketones is 1. The fourth-order valence-corrected chi connectivity index (χ4v) is 4.46. The SMILES string of the molecule is O=C(CCCC1CCNC1)c1cccc(-c2ccnc(CCCCc3ccc(O)cc3)n2)c1. The van der Waals surface area contributed by atoms with Crippen molar-refractivity contribution in [2.45, 2.75) is 51.4 Å². The second kappa shape index (κ2) is 11.7. The number of benzene rings is 2. The molecule has 0 spiro atoms. The van der Waals surface area contributed by atoms with Gasteiger partial charge in [-0.3, -0.25) is 4.79 Å². The minimum Gasteiger partial charge on any atom is -0.508 e. The number of hydrogen-bond donors (Lipinski definition) is 2. The third-order valence-electron chi connectivity index (χ3n) is 6.42. The summed E-state index contributed by atoms with van der Waals surface area (Å²) in [6, 6.07) is 17.1. The van der Waals surface area contributed by atoms with Gasteiger partial charge in [0, 0.05) is 30.2 Å². The van der Waals surface area contributed by atoms with Crippen LogP contribution in [-0.4, -0.2) is 33.9 Å². The van der Waals surface area contributed by atoms with Crippen LogP contribution in [0.4, 0.5) is 0 Å². The van der Waals surface area contributed by atoms with Gasteiger partial charge in [-0.2, -0.15) is 0 Å². The van der Waals surface area contributed by atoms with Crippen molar-refractivity contribution in [3.05, 3.63) is 77.7 Å². The number of unbranched alkanes of at least 4 members (excludes halogenated alkanes) is 1. The second-order valence-corrected chi connectivity index (χ2v) is 8.99. The van der Waals surface area contributed by atoms with Gasteiger partial charge in [0.25, 0.3) is 0 Å². The first kappa shape index (κ1) is 23.1. The van der Waals surface area contributed by atoms with Gasteiger partial charge in [0.1, 0.15) is 11.6 Å². The van der Waals surface area contributed by atoms with Gasteiger partial charge in [0.15, 0.2) is 5.78 Å². The molecule has 0 amide bonds. The van der Waals surface area contributed by atoms with Crippen molar-refractivity contribution in [3.8, 4) is 17.0 Å². The van der Waals surface area contributed by atoms with E-state index in [0.29, 0.717) is 12.2 Å². The van der Waals surface area contributed by atoms with Gasteiger partial charge in [0.2, 0.25) is 0 Å². The van der Waals surface area contributed by atoms with E-state index in [-0.39, 0.29) is 5.78 Å². The Labute approximate surface area is 196 Å². The van der Waals surface area contributed by atoms with E-state index >= 15 is 0 Å². The summed E-state index contributed by atoms with van der Waals surface area (Å²) in [6.07, 6.45) is 9.56. The highest BCUT2D eigenvalue weighted by molar-refractivity contribution is 5.97. The van der Waals surface area contributed by atoms with Crippen LogP contribution in [-0.2, 0) is 12.8 Å². The van der Waals surface area contributed by atoms with Crippen molar-refractivity contribution in [2.24, 2.45) is 5.92 Å².